The van der Waals surface area contributed by atoms with Crippen molar-refractivity contribution in [3.63, 3.8) is 0 Å². The summed E-state index contributed by atoms with van der Waals surface area (Å²) < 4.78 is 0. The van der Waals surface area contributed by atoms with Gasteiger partial charge in [-0.1, -0.05) is 37.7 Å². The molecule has 0 saturated heterocycles. The van der Waals surface area contributed by atoms with Gasteiger partial charge in [0.25, 0.3) is 0 Å². The summed E-state index contributed by atoms with van der Waals surface area (Å²) in [6.07, 6.45) is 0. The quantitative estimate of drug-likeness (QED) is 0.333. The van der Waals surface area contributed by atoms with Gasteiger partial charge in [-0.05, 0) is 22.9 Å². The van der Waals surface area contributed by atoms with E-state index in [0.717, 1.165) is 0 Å². The highest BCUT2D eigenvalue weighted by Crippen LogP contribution is 2.22. The predicted octanol–water partition coefficient (Wildman–Crippen LogP) is 3.06. The van der Waals surface area contributed by atoms with Gasteiger partial charge in [-0.25, -0.2) is 0 Å². The summed E-state index contributed by atoms with van der Waals surface area (Å²) in [4.78, 5) is 5.25. The number of thioether (sulfide) groups is 1. The van der Waals surface area contributed by atoms with Crippen molar-refractivity contribution in [2.24, 2.45) is 4.99 Å². The van der Waals surface area contributed by atoms with Crippen LogP contribution in [0.2, 0.25) is 0 Å². The second-order valence-corrected chi connectivity index (χ2v) is 4.86. The highest BCUT2D eigenvalue weighted by molar-refractivity contribution is 8.12. The Morgan fingerprint density at radius 2 is 2.14 bits per heavy atom. The van der Waals surface area contributed by atoms with Crippen LogP contribution in [0, 0.1) is 0 Å². The average Bonchev–Trinajstić information content (AvgIpc) is 2.16. The Kier molecular flexibility index (Phi) is 4.64. The van der Waals surface area contributed by atoms with Crippen molar-refractivity contribution in [3.8, 4) is 0 Å². The summed E-state index contributed by atoms with van der Waals surface area (Å²) in [5, 5.41) is 1.30. The molecule has 0 saturated carbocycles. The van der Waals surface area contributed by atoms with E-state index in [1.54, 1.807) is 18.8 Å². The van der Waals surface area contributed by atoms with E-state index in [1.165, 1.54) is 15.8 Å². The number of rotatable bonds is 3. The first-order valence-corrected chi connectivity index (χ1v) is 6.08. The van der Waals surface area contributed by atoms with Crippen LogP contribution in [0.5, 0.6) is 0 Å². The van der Waals surface area contributed by atoms with Gasteiger partial charge in [-0.3, -0.25) is 4.99 Å². The molecule has 0 amide bonds. The fraction of sp³-hybridized carbons (Fsp3) is 0.364. The summed E-state index contributed by atoms with van der Waals surface area (Å²) in [6.45, 7) is 4.43. The zero-order valence-electron chi connectivity index (χ0n) is 8.82. The number of hydrogen-bond acceptors (Lipinski definition) is 2. The van der Waals surface area contributed by atoms with Gasteiger partial charge in [-0.15, -0.1) is 9.24 Å². The van der Waals surface area contributed by atoms with Crippen LogP contribution in [0.25, 0.3) is 0 Å². The summed E-state index contributed by atoms with van der Waals surface area (Å²) in [5.41, 5.74) is 3.26. The van der Waals surface area contributed by atoms with E-state index in [9.17, 15) is 0 Å². The third-order valence-electron chi connectivity index (χ3n) is 2.01. The minimum Gasteiger partial charge on any atom is -0.289 e. The maximum Gasteiger partial charge on any atom is 0.0585 e. The van der Waals surface area contributed by atoms with Crippen LogP contribution >= 0.6 is 21.0 Å². The molecule has 0 N–H and O–H groups in total. The van der Waals surface area contributed by atoms with Crippen molar-refractivity contribution in [1.82, 2.24) is 0 Å². The lowest BCUT2D eigenvalue weighted by Gasteiger charge is -2.11. The van der Waals surface area contributed by atoms with Crippen LogP contribution < -0.4 is 5.30 Å². The fourth-order valence-electron chi connectivity index (χ4n) is 1.28. The van der Waals surface area contributed by atoms with Gasteiger partial charge < -0.3 is 0 Å². The molecule has 0 aliphatic rings. The Morgan fingerprint density at radius 3 is 2.71 bits per heavy atom. The Labute approximate surface area is 92.6 Å². The third kappa shape index (κ3) is 2.83. The maximum absolute atomic E-state index is 3.98. The molecule has 1 unspecified atom stereocenters. The third-order valence-corrected chi connectivity index (χ3v) is 3.79. The van der Waals surface area contributed by atoms with Crippen LogP contribution in [0.3, 0.4) is 0 Å². The largest absolute Gasteiger partial charge is 0.289 e. The van der Waals surface area contributed by atoms with Crippen LogP contribution in [-0.2, 0) is 0 Å². The highest BCUT2D eigenvalue weighted by Gasteiger charge is 2.06. The Bertz CT molecular complexity index is 334. The number of aliphatic imine (C=N–C) groups is 1. The molecule has 1 atom stereocenters. The Hall–Kier alpha value is -0.330. The fourth-order valence-corrected chi connectivity index (χ4v) is 2.63. The van der Waals surface area contributed by atoms with E-state index < -0.39 is 0 Å². The van der Waals surface area contributed by atoms with E-state index >= 15 is 0 Å². The maximum atomic E-state index is 3.98. The minimum absolute atomic E-state index is 0.571. The summed E-state index contributed by atoms with van der Waals surface area (Å²) in [5.74, 6) is 0.571. The Morgan fingerprint density at radius 1 is 1.43 bits per heavy atom. The zero-order valence-corrected chi connectivity index (χ0v) is 10.8. The van der Waals surface area contributed by atoms with E-state index in [1.807, 2.05) is 5.55 Å². The minimum atomic E-state index is 0.571. The molecule has 76 valence electrons. The molecule has 3 heteroatoms. The van der Waals surface area contributed by atoms with E-state index in [0.29, 0.717) is 5.92 Å². The van der Waals surface area contributed by atoms with Crippen LogP contribution in [-0.4, -0.2) is 12.6 Å². The second kappa shape index (κ2) is 5.53. The smallest absolute Gasteiger partial charge is 0.0585 e. The van der Waals surface area contributed by atoms with E-state index in [-0.39, 0.29) is 0 Å². The molecule has 0 spiro atoms. The molecule has 0 aliphatic heterocycles. The first kappa shape index (κ1) is 11.7. The standard InChI is InChI=1S/C11H16NPS/c1-8(2)9-5-4-6-10(11(9)13)14-7-12-3/h4-8H,13H2,1-3H3. The lowest BCUT2D eigenvalue weighted by molar-refractivity contribution is 0.871. The topological polar surface area (TPSA) is 12.4 Å². The van der Waals surface area contributed by atoms with Crippen molar-refractivity contribution in [2.45, 2.75) is 24.7 Å². The molecular weight excluding hydrogens is 209 g/mol. The summed E-state index contributed by atoms with van der Waals surface area (Å²) in [7, 11) is 4.62. The van der Waals surface area contributed by atoms with Crippen molar-refractivity contribution >= 4 is 31.9 Å². The van der Waals surface area contributed by atoms with Crippen LogP contribution in [0.4, 0.5) is 0 Å². The van der Waals surface area contributed by atoms with Crippen LogP contribution in [0.15, 0.2) is 28.1 Å². The first-order chi connectivity index (χ1) is 6.66. The molecule has 0 radical (unpaired) electrons. The molecule has 0 bridgehead atoms. The molecule has 0 aliphatic carbocycles. The van der Waals surface area contributed by atoms with E-state index in [2.05, 4.69) is 46.3 Å². The number of benzene rings is 1. The normalized spacial score (nSPS) is 11.5. The summed E-state index contributed by atoms with van der Waals surface area (Å²) >= 11 is 1.67. The zero-order chi connectivity index (χ0) is 10.6. The van der Waals surface area contributed by atoms with E-state index in [4.69, 9.17) is 0 Å². The number of hydrogen-bond donors (Lipinski definition) is 0. The lowest BCUT2D eigenvalue weighted by Crippen LogP contribution is -2.05. The second-order valence-electron chi connectivity index (χ2n) is 3.40. The molecule has 0 fully saturated rings. The number of nitrogens with zero attached hydrogens (tertiary/aromatic N) is 1. The average molecular weight is 225 g/mol. The van der Waals surface area contributed by atoms with Crippen molar-refractivity contribution in [1.29, 1.82) is 0 Å². The van der Waals surface area contributed by atoms with Gasteiger partial charge >= 0.3 is 0 Å². The first-order valence-electron chi connectivity index (χ1n) is 4.62. The highest BCUT2D eigenvalue weighted by atomic mass is 32.2. The SMILES string of the molecule is CN=CSc1cccc(C(C)C)c1P. The molecule has 1 rings (SSSR count). The van der Waals surface area contributed by atoms with Crippen molar-refractivity contribution in [3.05, 3.63) is 23.8 Å². The molecule has 1 nitrogen and oxygen atoms in total. The molecule has 1 aromatic rings. The van der Waals surface area contributed by atoms with Gasteiger partial charge in [0.05, 0.1) is 5.55 Å². The van der Waals surface area contributed by atoms with Gasteiger partial charge in [0.15, 0.2) is 0 Å². The Balaban J connectivity index is 3.01. The molecule has 0 aromatic heterocycles. The van der Waals surface area contributed by atoms with Gasteiger partial charge in [0, 0.05) is 11.9 Å². The van der Waals surface area contributed by atoms with Crippen molar-refractivity contribution in [2.75, 3.05) is 7.05 Å². The molecule has 0 heterocycles. The molecule has 14 heavy (non-hydrogen) atoms. The van der Waals surface area contributed by atoms with Gasteiger partial charge in [0.1, 0.15) is 0 Å². The lowest BCUT2D eigenvalue weighted by atomic mass is 10.0. The summed E-state index contributed by atoms with van der Waals surface area (Å²) in [6, 6.07) is 6.41. The van der Waals surface area contributed by atoms with Crippen molar-refractivity contribution < 1.29 is 0 Å². The molecular formula is C11H16NPS. The molecule has 1 aromatic carbocycles. The van der Waals surface area contributed by atoms with Gasteiger partial charge in [-0.2, -0.15) is 0 Å². The van der Waals surface area contributed by atoms with Crippen LogP contribution in [0.1, 0.15) is 25.3 Å². The predicted molar refractivity (Wildman–Crippen MR) is 70.1 cm³/mol. The van der Waals surface area contributed by atoms with Gasteiger partial charge in [0.2, 0.25) is 0 Å². The monoisotopic (exact) mass is 225 g/mol.